The van der Waals surface area contributed by atoms with E-state index in [0.717, 1.165) is 48.9 Å². The van der Waals surface area contributed by atoms with Gasteiger partial charge in [0.15, 0.2) is 0 Å². The number of nitrogens with zero attached hydrogens (tertiary/aromatic N) is 5. The lowest BCUT2D eigenvalue weighted by molar-refractivity contribution is -0.134. The standard InChI is InChI=1S/C17H20BrN5O2/c18-12-6-7-13(19-10-12)11-22-17(25)23-14(4-3-5-15(23)20-22)16(24)21-8-1-2-9-21/h6-7,10,14H,1-5,8-9,11H2. The van der Waals surface area contributed by atoms with Crippen molar-refractivity contribution >= 4 is 21.8 Å². The van der Waals surface area contributed by atoms with E-state index in [-0.39, 0.29) is 11.6 Å². The fourth-order valence-electron chi connectivity index (χ4n) is 3.67. The van der Waals surface area contributed by atoms with E-state index in [1.165, 1.54) is 4.68 Å². The molecule has 2 aromatic rings. The molecule has 25 heavy (non-hydrogen) atoms. The summed E-state index contributed by atoms with van der Waals surface area (Å²) in [4.78, 5) is 31.9. The van der Waals surface area contributed by atoms with Crippen molar-refractivity contribution in [3.05, 3.63) is 44.8 Å². The van der Waals surface area contributed by atoms with Gasteiger partial charge in [0.2, 0.25) is 5.91 Å². The van der Waals surface area contributed by atoms with Crippen molar-refractivity contribution in [2.24, 2.45) is 0 Å². The van der Waals surface area contributed by atoms with Crippen molar-refractivity contribution < 1.29 is 4.79 Å². The van der Waals surface area contributed by atoms with Crippen LogP contribution in [-0.4, -0.2) is 43.2 Å². The van der Waals surface area contributed by atoms with Gasteiger partial charge in [0.25, 0.3) is 0 Å². The monoisotopic (exact) mass is 405 g/mol. The zero-order valence-electron chi connectivity index (χ0n) is 13.9. The van der Waals surface area contributed by atoms with Crippen LogP contribution in [-0.2, 0) is 17.8 Å². The quantitative estimate of drug-likeness (QED) is 0.779. The average Bonchev–Trinajstić information content (AvgIpc) is 3.25. The number of hydrogen-bond donors (Lipinski definition) is 0. The second-order valence-electron chi connectivity index (χ2n) is 6.63. The molecule has 1 fully saturated rings. The summed E-state index contributed by atoms with van der Waals surface area (Å²) in [7, 11) is 0. The summed E-state index contributed by atoms with van der Waals surface area (Å²) < 4.78 is 3.94. The van der Waals surface area contributed by atoms with E-state index in [2.05, 4.69) is 26.0 Å². The number of likely N-dealkylation sites (tertiary alicyclic amines) is 1. The summed E-state index contributed by atoms with van der Waals surface area (Å²) in [5.74, 6) is 0.785. The van der Waals surface area contributed by atoms with Crippen LogP contribution < -0.4 is 5.69 Å². The molecule has 7 nitrogen and oxygen atoms in total. The van der Waals surface area contributed by atoms with E-state index in [4.69, 9.17) is 0 Å². The van der Waals surface area contributed by atoms with Crippen LogP contribution in [0.1, 0.15) is 43.2 Å². The number of pyridine rings is 1. The zero-order valence-corrected chi connectivity index (χ0v) is 15.5. The first-order chi connectivity index (χ1) is 12.1. The Hall–Kier alpha value is -1.96. The van der Waals surface area contributed by atoms with E-state index in [9.17, 15) is 9.59 Å². The van der Waals surface area contributed by atoms with Gasteiger partial charge in [-0.2, -0.15) is 5.10 Å². The molecule has 0 spiro atoms. The maximum atomic E-state index is 12.9. The molecule has 0 N–H and O–H groups in total. The lowest BCUT2D eigenvalue weighted by Crippen LogP contribution is -2.41. The molecule has 4 rings (SSSR count). The number of fused-ring (bicyclic) bond motifs is 1. The summed E-state index contributed by atoms with van der Waals surface area (Å²) >= 11 is 3.35. The molecule has 1 amide bonds. The van der Waals surface area contributed by atoms with Gasteiger partial charge in [-0.1, -0.05) is 0 Å². The minimum Gasteiger partial charge on any atom is -0.341 e. The molecule has 0 bridgehead atoms. The summed E-state index contributed by atoms with van der Waals surface area (Å²) in [5.41, 5.74) is 0.556. The normalized spacial score (nSPS) is 19.9. The SMILES string of the molecule is O=C(C1CCCc2nn(Cc3ccc(Br)cn3)c(=O)n21)N1CCCC1. The third-order valence-corrected chi connectivity index (χ3v) is 5.40. The Morgan fingerprint density at radius 1 is 1.24 bits per heavy atom. The van der Waals surface area contributed by atoms with E-state index >= 15 is 0 Å². The van der Waals surface area contributed by atoms with Gasteiger partial charge >= 0.3 is 5.69 Å². The molecule has 8 heteroatoms. The molecule has 2 aromatic heterocycles. The third-order valence-electron chi connectivity index (χ3n) is 4.93. The van der Waals surface area contributed by atoms with E-state index in [1.807, 2.05) is 17.0 Å². The van der Waals surface area contributed by atoms with Crippen LogP contribution in [0.2, 0.25) is 0 Å². The molecule has 1 atom stereocenters. The Kier molecular flexibility index (Phi) is 4.45. The van der Waals surface area contributed by atoms with E-state index in [0.29, 0.717) is 18.8 Å². The summed E-state index contributed by atoms with van der Waals surface area (Å²) in [6, 6.07) is 3.35. The Morgan fingerprint density at radius 2 is 2.04 bits per heavy atom. The fourth-order valence-corrected chi connectivity index (χ4v) is 3.90. The van der Waals surface area contributed by atoms with Crippen LogP contribution in [0.25, 0.3) is 0 Å². The second-order valence-corrected chi connectivity index (χ2v) is 7.55. The van der Waals surface area contributed by atoms with Gasteiger partial charge in [-0.3, -0.25) is 14.3 Å². The Labute approximate surface area is 153 Å². The lowest BCUT2D eigenvalue weighted by Gasteiger charge is -2.27. The van der Waals surface area contributed by atoms with Gasteiger partial charge in [-0.25, -0.2) is 9.48 Å². The zero-order chi connectivity index (χ0) is 17.4. The number of halogens is 1. The van der Waals surface area contributed by atoms with Gasteiger partial charge < -0.3 is 4.90 Å². The number of carbonyl (C=O) groups excluding carboxylic acids is 1. The highest BCUT2D eigenvalue weighted by Crippen LogP contribution is 2.25. The topological polar surface area (TPSA) is 73.0 Å². The van der Waals surface area contributed by atoms with Crippen molar-refractivity contribution in [3.63, 3.8) is 0 Å². The molecule has 2 aliphatic rings. The van der Waals surface area contributed by atoms with Crippen LogP contribution in [0.4, 0.5) is 0 Å². The molecule has 4 heterocycles. The van der Waals surface area contributed by atoms with E-state index < -0.39 is 6.04 Å². The van der Waals surface area contributed by atoms with Gasteiger partial charge in [0, 0.05) is 30.2 Å². The van der Waals surface area contributed by atoms with Crippen LogP contribution in [0.15, 0.2) is 27.6 Å². The van der Waals surface area contributed by atoms with Crippen LogP contribution >= 0.6 is 15.9 Å². The summed E-state index contributed by atoms with van der Waals surface area (Å²) in [5, 5.41) is 4.47. The molecular weight excluding hydrogens is 386 g/mol. The van der Waals surface area contributed by atoms with Crippen LogP contribution in [0.5, 0.6) is 0 Å². The van der Waals surface area contributed by atoms with Crippen LogP contribution in [0, 0.1) is 0 Å². The number of rotatable bonds is 3. The van der Waals surface area contributed by atoms with Crippen LogP contribution in [0.3, 0.4) is 0 Å². The number of carbonyl (C=O) groups is 1. The second kappa shape index (κ2) is 6.74. The molecule has 2 aliphatic heterocycles. The van der Waals surface area contributed by atoms with Crippen molar-refractivity contribution in [1.29, 1.82) is 0 Å². The molecule has 0 aromatic carbocycles. The molecule has 0 aliphatic carbocycles. The number of aryl methyl sites for hydroxylation is 1. The highest BCUT2D eigenvalue weighted by atomic mass is 79.9. The van der Waals surface area contributed by atoms with Gasteiger partial charge in [-0.05, 0) is 53.7 Å². The van der Waals surface area contributed by atoms with Crippen molar-refractivity contribution in [1.82, 2.24) is 24.2 Å². The maximum absolute atomic E-state index is 12.9. The maximum Gasteiger partial charge on any atom is 0.347 e. The minimum atomic E-state index is -0.402. The van der Waals surface area contributed by atoms with Gasteiger partial charge in [0.05, 0.1) is 12.2 Å². The predicted molar refractivity (Wildman–Crippen MR) is 95.3 cm³/mol. The Balaban J connectivity index is 1.63. The third kappa shape index (κ3) is 3.15. The highest BCUT2D eigenvalue weighted by molar-refractivity contribution is 9.10. The first-order valence-corrected chi connectivity index (χ1v) is 9.50. The average molecular weight is 406 g/mol. The van der Waals surface area contributed by atoms with Crippen molar-refractivity contribution in [3.8, 4) is 0 Å². The molecular formula is C17H20BrN5O2. The number of aromatic nitrogens is 4. The first kappa shape index (κ1) is 16.5. The molecule has 1 saturated heterocycles. The fraction of sp³-hybridized carbons (Fsp3) is 0.529. The van der Waals surface area contributed by atoms with Crippen molar-refractivity contribution in [2.75, 3.05) is 13.1 Å². The number of hydrogen-bond acceptors (Lipinski definition) is 4. The summed E-state index contributed by atoms with van der Waals surface area (Å²) in [6.45, 7) is 1.92. The largest absolute Gasteiger partial charge is 0.347 e. The van der Waals surface area contributed by atoms with Crippen molar-refractivity contribution in [2.45, 2.75) is 44.7 Å². The first-order valence-electron chi connectivity index (χ1n) is 8.71. The predicted octanol–water partition coefficient (Wildman–Crippen LogP) is 1.75. The number of amides is 1. The van der Waals surface area contributed by atoms with E-state index in [1.54, 1.807) is 10.8 Å². The lowest BCUT2D eigenvalue weighted by atomic mass is 10.0. The smallest absolute Gasteiger partial charge is 0.341 e. The molecule has 0 saturated carbocycles. The van der Waals surface area contributed by atoms with Gasteiger partial charge in [-0.15, -0.1) is 0 Å². The Bertz CT molecular complexity index is 836. The Morgan fingerprint density at radius 3 is 2.76 bits per heavy atom. The summed E-state index contributed by atoms with van der Waals surface area (Å²) in [6.07, 6.45) is 6.14. The molecule has 132 valence electrons. The minimum absolute atomic E-state index is 0.0712. The van der Waals surface area contributed by atoms with Gasteiger partial charge in [0.1, 0.15) is 11.9 Å². The molecule has 1 unspecified atom stereocenters. The molecule has 0 radical (unpaired) electrons. The highest BCUT2D eigenvalue weighted by Gasteiger charge is 2.34.